The van der Waals surface area contributed by atoms with Crippen LogP contribution in [-0.2, 0) is 11.3 Å². The zero-order valence-corrected chi connectivity index (χ0v) is 10.5. The van der Waals surface area contributed by atoms with Crippen LogP contribution in [0.25, 0.3) is 0 Å². The number of nitrogens with zero attached hydrogens (tertiary/aromatic N) is 2. The number of ketones is 1. The number of rotatable bonds is 5. The lowest BCUT2D eigenvalue weighted by Crippen LogP contribution is -2.29. The van der Waals surface area contributed by atoms with E-state index < -0.39 is 12.0 Å². The molecule has 1 rings (SSSR count). The van der Waals surface area contributed by atoms with E-state index in [0.29, 0.717) is 6.08 Å². The first-order chi connectivity index (χ1) is 8.80. The summed E-state index contributed by atoms with van der Waals surface area (Å²) in [6.45, 7) is 0.281. The van der Waals surface area contributed by atoms with Gasteiger partial charge in [0.25, 0.3) is 5.78 Å². The van der Waals surface area contributed by atoms with Gasteiger partial charge < -0.3 is 10.2 Å². The minimum absolute atomic E-state index is 0.0891. The predicted octanol–water partition coefficient (Wildman–Crippen LogP) is 1.71. The summed E-state index contributed by atoms with van der Waals surface area (Å²) in [7, 11) is 3.09. The first-order valence-corrected chi connectivity index (χ1v) is 5.43. The standard InChI is InChI=1S/C12H14F3N3O/c1-18(2)11(6-10(19)12(13,14)15)17-8-9-4-3-5-16-7-9/h3-7,17H,8H2,1-2H3/b11-6-. The molecule has 0 aromatic carbocycles. The predicted molar refractivity (Wildman–Crippen MR) is 63.9 cm³/mol. The molecule has 0 bridgehead atoms. The van der Waals surface area contributed by atoms with Crippen LogP contribution in [0.1, 0.15) is 5.56 Å². The molecule has 0 fully saturated rings. The van der Waals surface area contributed by atoms with Crippen molar-refractivity contribution in [3.8, 4) is 0 Å². The van der Waals surface area contributed by atoms with Gasteiger partial charge in [-0.3, -0.25) is 9.78 Å². The molecule has 0 atom stereocenters. The van der Waals surface area contributed by atoms with E-state index in [1.807, 2.05) is 0 Å². The highest BCUT2D eigenvalue weighted by atomic mass is 19.4. The summed E-state index contributed by atoms with van der Waals surface area (Å²) in [6, 6.07) is 3.50. The van der Waals surface area contributed by atoms with Crippen molar-refractivity contribution in [1.82, 2.24) is 15.2 Å². The average Bonchev–Trinajstić information content (AvgIpc) is 2.33. The Morgan fingerprint density at radius 3 is 2.63 bits per heavy atom. The van der Waals surface area contributed by atoms with Gasteiger partial charge in [0.05, 0.1) is 0 Å². The molecule has 1 heterocycles. The molecule has 104 valence electrons. The Kier molecular flexibility index (Phi) is 4.91. The summed E-state index contributed by atoms with van der Waals surface area (Å²) >= 11 is 0. The van der Waals surface area contributed by atoms with Crippen molar-refractivity contribution in [2.45, 2.75) is 12.7 Å². The molecule has 7 heteroatoms. The molecule has 4 nitrogen and oxygen atoms in total. The van der Waals surface area contributed by atoms with Crippen LogP contribution in [0.2, 0.25) is 0 Å². The summed E-state index contributed by atoms with van der Waals surface area (Å²) in [5, 5.41) is 2.76. The number of aromatic nitrogens is 1. The fourth-order valence-corrected chi connectivity index (χ4v) is 1.24. The van der Waals surface area contributed by atoms with E-state index in [1.54, 1.807) is 38.6 Å². The quantitative estimate of drug-likeness (QED) is 0.829. The van der Waals surface area contributed by atoms with E-state index in [0.717, 1.165) is 5.56 Å². The monoisotopic (exact) mass is 273 g/mol. The number of nitrogens with one attached hydrogen (secondary N) is 1. The van der Waals surface area contributed by atoms with E-state index in [2.05, 4.69) is 10.3 Å². The molecule has 0 radical (unpaired) electrons. The van der Waals surface area contributed by atoms with Crippen molar-refractivity contribution < 1.29 is 18.0 Å². The molecule has 1 N–H and O–H groups in total. The van der Waals surface area contributed by atoms with Crippen LogP contribution >= 0.6 is 0 Å². The molecule has 0 unspecified atom stereocenters. The molecule has 0 aliphatic heterocycles. The third kappa shape index (κ3) is 4.99. The lowest BCUT2D eigenvalue weighted by atomic mass is 10.3. The third-order valence-corrected chi connectivity index (χ3v) is 2.23. The molecule has 1 aromatic rings. The van der Waals surface area contributed by atoms with Crippen molar-refractivity contribution in [2.24, 2.45) is 0 Å². The second kappa shape index (κ2) is 6.21. The summed E-state index contributed by atoms with van der Waals surface area (Å²) in [5.41, 5.74) is 0.801. The average molecular weight is 273 g/mol. The highest BCUT2D eigenvalue weighted by Crippen LogP contribution is 2.17. The van der Waals surface area contributed by atoms with Gasteiger partial charge in [0.15, 0.2) is 0 Å². The summed E-state index contributed by atoms with van der Waals surface area (Å²) < 4.78 is 36.6. The number of halogens is 3. The maximum absolute atomic E-state index is 12.2. The van der Waals surface area contributed by atoms with Gasteiger partial charge in [-0.25, -0.2) is 0 Å². The van der Waals surface area contributed by atoms with Gasteiger partial charge in [-0.1, -0.05) is 6.07 Å². The van der Waals surface area contributed by atoms with Gasteiger partial charge >= 0.3 is 6.18 Å². The lowest BCUT2D eigenvalue weighted by molar-refractivity contribution is -0.165. The Labute approximate surface area is 108 Å². The molecule has 0 aliphatic rings. The van der Waals surface area contributed by atoms with E-state index in [1.165, 1.54) is 4.90 Å². The lowest BCUT2D eigenvalue weighted by Gasteiger charge is -2.19. The van der Waals surface area contributed by atoms with Crippen LogP contribution in [0.4, 0.5) is 13.2 Å². The Bertz CT molecular complexity index is 455. The zero-order chi connectivity index (χ0) is 14.5. The van der Waals surface area contributed by atoms with Gasteiger partial charge in [-0.15, -0.1) is 0 Å². The third-order valence-electron chi connectivity index (χ3n) is 2.23. The molecule has 19 heavy (non-hydrogen) atoms. The van der Waals surface area contributed by atoms with Gasteiger partial charge in [-0.05, 0) is 11.6 Å². The Hall–Kier alpha value is -2.05. The Morgan fingerprint density at radius 1 is 1.47 bits per heavy atom. The highest BCUT2D eigenvalue weighted by molar-refractivity contribution is 5.94. The first-order valence-electron chi connectivity index (χ1n) is 5.43. The van der Waals surface area contributed by atoms with E-state index in [4.69, 9.17) is 0 Å². The Balaban J connectivity index is 2.74. The fraction of sp³-hybridized carbons (Fsp3) is 0.333. The van der Waals surface area contributed by atoms with Crippen LogP contribution in [0.5, 0.6) is 0 Å². The minimum atomic E-state index is -4.86. The minimum Gasteiger partial charge on any atom is -0.368 e. The van der Waals surface area contributed by atoms with Crippen LogP contribution < -0.4 is 5.32 Å². The highest BCUT2D eigenvalue weighted by Gasteiger charge is 2.37. The van der Waals surface area contributed by atoms with Crippen LogP contribution in [0.3, 0.4) is 0 Å². The summed E-state index contributed by atoms with van der Waals surface area (Å²) in [6.07, 6.45) is -1.14. The van der Waals surface area contributed by atoms with Gasteiger partial charge in [-0.2, -0.15) is 13.2 Å². The molecule has 0 saturated heterocycles. The zero-order valence-electron chi connectivity index (χ0n) is 10.5. The van der Waals surface area contributed by atoms with E-state index in [9.17, 15) is 18.0 Å². The van der Waals surface area contributed by atoms with Crippen molar-refractivity contribution >= 4 is 5.78 Å². The van der Waals surface area contributed by atoms with Gasteiger partial charge in [0.1, 0.15) is 5.82 Å². The first kappa shape index (κ1) is 15.0. The van der Waals surface area contributed by atoms with Gasteiger partial charge in [0, 0.05) is 39.1 Å². The SMILES string of the molecule is CN(C)/C(=C\C(=O)C(F)(F)F)NCc1cccnc1. The smallest absolute Gasteiger partial charge is 0.368 e. The fourth-order valence-electron chi connectivity index (χ4n) is 1.24. The number of carbonyl (C=O) groups is 1. The molecule has 1 aromatic heterocycles. The molecule has 0 saturated carbocycles. The number of hydrogen-bond donors (Lipinski definition) is 1. The van der Waals surface area contributed by atoms with Crippen molar-refractivity contribution in [1.29, 1.82) is 0 Å². The molecular formula is C12H14F3N3O. The molecular weight excluding hydrogens is 259 g/mol. The van der Waals surface area contributed by atoms with Crippen molar-refractivity contribution in [3.05, 3.63) is 42.0 Å². The van der Waals surface area contributed by atoms with Gasteiger partial charge in [0.2, 0.25) is 0 Å². The largest absolute Gasteiger partial charge is 0.454 e. The van der Waals surface area contributed by atoms with Crippen molar-refractivity contribution in [2.75, 3.05) is 14.1 Å². The van der Waals surface area contributed by atoms with Crippen LogP contribution in [-0.4, -0.2) is 35.9 Å². The second-order valence-electron chi connectivity index (χ2n) is 4.00. The number of pyridine rings is 1. The number of alkyl halides is 3. The number of carbonyl (C=O) groups excluding carboxylic acids is 1. The maximum Gasteiger partial charge on any atom is 0.454 e. The second-order valence-corrected chi connectivity index (χ2v) is 4.00. The Morgan fingerprint density at radius 2 is 2.16 bits per heavy atom. The van der Waals surface area contributed by atoms with E-state index >= 15 is 0 Å². The van der Waals surface area contributed by atoms with Crippen molar-refractivity contribution in [3.63, 3.8) is 0 Å². The molecule has 0 amide bonds. The molecule has 0 spiro atoms. The molecule has 0 aliphatic carbocycles. The number of allylic oxidation sites excluding steroid dienone is 1. The van der Waals surface area contributed by atoms with Crippen LogP contribution in [0, 0.1) is 0 Å². The van der Waals surface area contributed by atoms with Crippen LogP contribution in [0.15, 0.2) is 36.4 Å². The summed E-state index contributed by atoms with van der Waals surface area (Å²) in [4.78, 5) is 16.2. The topological polar surface area (TPSA) is 45.2 Å². The summed E-state index contributed by atoms with van der Waals surface area (Å²) in [5.74, 6) is -1.80. The maximum atomic E-state index is 12.2. The number of hydrogen-bond acceptors (Lipinski definition) is 4. The normalized spacial score (nSPS) is 12.2. The van der Waals surface area contributed by atoms with E-state index in [-0.39, 0.29) is 12.4 Å².